The molecule has 0 bridgehead atoms. The monoisotopic (exact) mass is 236 g/mol. The van der Waals surface area contributed by atoms with Crippen molar-refractivity contribution < 1.29 is 14.6 Å². The van der Waals surface area contributed by atoms with Crippen molar-refractivity contribution in [3.05, 3.63) is 18.2 Å². The van der Waals surface area contributed by atoms with Crippen molar-refractivity contribution in [1.29, 1.82) is 0 Å². The Balaban J connectivity index is 1.93. The second kappa shape index (κ2) is 5.05. The normalized spacial score (nSPS) is 15.1. The van der Waals surface area contributed by atoms with Gasteiger partial charge in [0.25, 0.3) is 0 Å². The average molecular weight is 236 g/mol. The molecule has 3 N–H and O–H groups in total. The zero-order chi connectivity index (χ0) is 12.3. The number of nitrogens with one attached hydrogen (secondary N) is 2. The van der Waals surface area contributed by atoms with Crippen LogP contribution < -0.4 is 15.4 Å². The van der Waals surface area contributed by atoms with Crippen molar-refractivity contribution in [2.75, 3.05) is 25.5 Å². The van der Waals surface area contributed by atoms with Gasteiger partial charge in [-0.1, -0.05) is 0 Å². The highest BCUT2D eigenvalue weighted by molar-refractivity contribution is 5.91. The highest BCUT2D eigenvalue weighted by atomic mass is 16.5. The number of hydrogen-bond acceptors (Lipinski definition) is 4. The number of carbonyl (C=O) groups is 1. The minimum absolute atomic E-state index is 0.0237. The lowest BCUT2D eigenvalue weighted by Crippen LogP contribution is -2.43. The first kappa shape index (κ1) is 11.7. The summed E-state index contributed by atoms with van der Waals surface area (Å²) in [6.45, 7) is 1.81. The number of carbonyl (C=O) groups excluding carboxylic acids is 1. The van der Waals surface area contributed by atoms with Crippen LogP contribution in [-0.2, 0) is 4.79 Å². The van der Waals surface area contributed by atoms with Gasteiger partial charge in [-0.3, -0.25) is 4.79 Å². The molecule has 1 fully saturated rings. The number of anilines is 1. The maximum absolute atomic E-state index is 11.6. The molecule has 1 aromatic rings. The summed E-state index contributed by atoms with van der Waals surface area (Å²) in [6.07, 6.45) is 0.514. The molecule has 1 aliphatic rings. The van der Waals surface area contributed by atoms with Crippen molar-refractivity contribution in [3.63, 3.8) is 0 Å². The summed E-state index contributed by atoms with van der Waals surface area (Å²) in [5.74, 6) is 0.824. The largest absolute Gasteiger partial charge is 0.504 e. The Labute approximate surface area is 99.8 Å². The fraction of sp³-hybridized carbons (Fsp3) is 0.417. The number of phenolic OH excluding ortho intramolecular Hbond substituents is 1. The Bertz CT molecular complexity index is 416. The average Bonchev–Trinajstić information content (AvgIpc) is 2.24. The third-order valence-corrected chi connectivity index (χ3v) is 2.80. The van der Waals surface area contributed by atoms with E-state index in [9.17, 15) is 9.90 Å². The number of phenols is 1. The second-order valence-electron chi connectivity index (χ2n) is 4.16. The van der Waals surface area contributed by atoms with Gasteiger partial charge >= 0.3 is 0 Å². The molecule has 0 spiro atoms. The minimum Gasteiger partial charge on any atom is -0.504 e. The molecule has 1 saturated heterocycles. The first-order chi connectivity index (χ1) is 8.19. The molecule has 92 valence electrons. The van der Waals surface area contributed by atoms with Gasteiger partial charge in [0.05, 0.1) is 7.11 Å². The SMILES string of the molecule is COc1ccc(NC(=O)CC2CNC2)cc1O. The molecule has 5 nitrogen and oxygen atoms in total. The number of aromatic hydroxyl groups is 1. The summed E-state index contributed by atoms with van der Waals surface area (Å²) in [5, 5.41) is 15.4. The van der Waals surface area contributed by atoms with Gasteiger partial charge in [0.15, 0.2) is 11.5 Å². The lowest BCUT2D eigenvalue weighted by atomic mass is 9.99. The van der Waals surface area contributed by atoms with Crippen LogP contribution in [-0.4, -0.2) is 31.2 Å². The van der Waals surface area contributed by atoms with Crippen molar-refractivity contribution >= 4 is 11.6 Å². The molecule has 5 heteroatoms. The lowest BCUT2D eigenvalue weighted by molar-refractivity contribution is -0.117. The van der Waals surface area contributed by atoms with E-state index in [1.165, 1.54) is 13.2 Å². The van der Waals surface area contributed by atoms with E-state index in [2.05, 4.69) is 10.6 Å². The van der Waals surface area contributed by atoms with Gasteiger partial charge in [-0.2, -0.15) is 0 Å². The Morgan fingerprint density at radius 2 is 2.35 bits per heavy atom. The predicted molar refractivity (Wildman–Crippen MR) is 64.3 cm³/mol. The summed E-state index contributed by atoms with van der Waals surface area (Å²) in [7, 11) is 1.48. The van der Waals surface area contributed by atoms with Crippen LogP contribution >= 0.6 is 0 Å². The number of benzene rings is 1. The van der Waals surface area contributed by atoms with Gasteiger partial charge < -0.3 is 20.5 Å². The Morgan fingerprint density at radius 3 is 2.88 bits per heavy atom. The lowest BCUT2D eigenvalue weighted by Gasteiger charge is -2.26. The Morgan fingerprint density at radius 1 is 1.59 bits per heavy atom. The Kier molecular flexibility index (Phi) is 3.49. The third kappa shape index (κ3) is 2.88. The van der Waals surface area contributed by atoms with Crippen molar-refractivity contribution in [3.8, 4) is 11.5 Å². The second-order valence-corrected chi connectivity index (χ2v) is 4.16. The predicted octanol–water partition coefficient (Wildman–Crippen LogP) is 0.949. The van der Waals surface area contributed by atoms with Gasteiger partial charge in [0, 0.05) is 18.2 Å². The van der Waals surface area contributed by atoms with E-state index < -0.39 is 0 Å². The molecule has 17 heavy (non-hydrogen) atoms. The van der Waals surface area contributed by atoms with Crippen molar-refractivity contribution in [2.24, 2.45) is 5.92 Å². The number of hydrogen-bond donors (Lipinski definition) is 3. The highest BCUT2D eigenvalue weighted by Gasteiger charge is 2.20. The van der Waals surface area contributed by atoms with Crippen LogP contribution in [0.15, 0.2) is 18.2 Å². The summed E-state index contributed by atoms with van der Waals surface area (Å²) in [4.78, 5) is 11.6. The fourth-order valence-corrected chi connectivity index (χ4v) is 1.73. The van der Waals surface area contributed by atoms with Crippen molar-refractivity contribution in [1.82, 2.24) is 5.32 Å². The van der Waals surface area contributed by atoms with E-state index in [0.717, 1.165) is 13.1 Å². The molecule has 0 radical (unpaired) electrons. The molecule has 2 rings (SSSR count). The smallest absolute Gasteiger partial charge is 0.224 e. The molecule has 1 aliphatic heterocycles. The molecule has 0 saturated carbocycles. The van der Waals surface area contributed by atoms with Crippen LogP contribution in [0.1, 0.15) is 6.42 Å². The summed E-state index contributed by atoms with van der Waals surface area (Å²) in [5.41, 5.74) is 0.584. The van der Waals surface area contributed by atoms with Crippen molar-refractivity contribution in [2.45, 2.75) is 6.42 Å². The summed E-state index contributed by atoms with van der Waals surface area (Å²) in [6, 6.07) is 4.81. The van der Waals surface area contributed by atoms with Crippen LogP contribution in [0, 0.1) is 5.92 Å². The van der Waals surface area contributed by atoms with Crippen LogP contribution in [0.3, 0.4) is 0 Å². The standard InChI is InChI=1S/C12H16N2O3/c1-17-11-3-2-9(5-10(11)15)14-12(16)4-8-6-13-7-8/h2-3,5,8,13,15H,4,6-7H2,1H3,(H,14,16). The van der Waals surface area contributed by atoms with E-state index in [1.54, 1.807) is 12.1 Å². The molecule has 1 heterocycles. The van der Waals surface area contributed by atoms with Crippen LogP contribution in [0.4, 0.5) is 5.69 Å². The van der Waals surface area contributed by atoms with E-state index in [1.807, 2.05) is 0 Å². The van der Waals surface area contributed by atoms with Gasteiger partial charge in [-0.15, -0.1) is 0 Å². The molecule has 1 aromatic carbocycles. The van der Waals surface area contributed by atoms with E-state index in [0.29, 0.717) is 23.8 Å². The highest BCUT2D eigenvalue weighted by Crippen LogP contribution is 2.28. The fourth-order valence-electron chi connectivity index (χ4n) is 1.73. The first-order valence-electron chi connectivity index (χ1n) is 5.56. The zero-order valence-electron chi connectivity index (χ0n) is 9.69. The summed E-state index contributed by atoms with van der Waals surface area (Å²) >= 11 is 0. The maximum atomic E-state index is 11.6. The van der Waals surface area contributed by atoms with E-state index in [4.69, 9.17) is 4.74 Å². The minimum atomic E-state index is -0.0268. The summed E-state index contributed by atoms with van der Waals surface area (Å²) < 4.78 is 4.93. The van der Waals surface area contributed by atoms with Gasteiger partial charge in [0.2, 0.25) is 5.91 Å². The van der Waals surface area contributed by atoms with E-state index in [-0.39, 0.29) is 11.7 Å². The number of methoxy groups -OCH3 is 1. The topological polar surface area (TPSA) is 70.6 Å². The molecule has 0 aliphatic carbocycles. The van der Waals surface area contributed by atoms with Crippen LogP contribution in [0.5, 0.6) is 11.5 Å². The number of rotatable bonds is 4. The van der Waals surface area contributed by atoms with Crippen LogP contribution in [0.25, 0.3) is 0 Å². The van der Waals surface area contributed by atoms with Gasteiger partial charge in [-0.25, -0.2) is 0 Å². The number of amides is 1. The molecule has 0 unspecified atom stereocenters. The Hall–Kier alpha value is -1.75. The molecule has 0 atom stereocenters. The number of ether oxygens (including phenoxy) is 1. The van der Waals surface area contributed by atoms with Gasteiger partial charge in [-0.05, 0) is 31.1 Å². The maximum Gasteiger partial charge on any atom is 0.224 e. The zero-order valence-corrected chi connectivity index (χ0v) is 9.69. The quantitative estimate of drug-likeness (QED) is 0.728. The van der Waals surface area contributed by atoms with Gasteiger partial charge in [0.1, 0.15) is 0 Å². The first-order valence-corrected chi connectivity index (χ1v) is 5.56. The van der Waals surface area contributed by atoms with E-state index >= 15 is 0 Å². The van der Waals surface area contributed by atoms with Crippen LogP contribution in [0.2, 0.25) is 0 Å². The molecule has 1 amide bonds. The molecular formula is C12H16N2O3. The molecule has 0 aromatic heterocycles. The molecular weight excluding hydrogens is 220 g/mol. The third-order valence-electron chi connectivity index (χ3n) is 2.80.